The molecule has 0 aliphatic carbocycles. The predicted octanol–water partition coefficient (Wildman–Crippen LogP) is 2.58. The minimum absolute atomic E-state index is 0. The van der Waals surface area contributed by atoms with Crippen LogP contribution in [0.25, 0.3) is 0 Å². The number of halogens is 1. The number of hydrogen-bond donors (Lipinski definition) is 4. The molecule has 0 aliphatic rings. The molecular weight excluding hydrogens is 505 g/mol. The molecule has 2 amide bonds. The summed E-state index contributed by atoms with van der Waals surface area (Å²) in [6.45, 7) is 4.67. The molecule has 4 N–H and O–H groups in total. The van der Waals surface area contributed by atoms with Crippen LogP contribution in [0.2, 0.25) is 0 Å². The molecule has 2 rings (SSSR count). The van der Waals surface area contributed by atoms with Crippen molar-refractivity contribution >= 4 is 41.8 Å². The Labute approximate surface area is 201 Å². The van der Waals surface area contributed by atoms with Gasteiger partial charge >= 0.3 is 0 Å². The summed E-state index contributed by atoms with van der Waals surface area (Å²) in [5.41, 5.74) is 2.41. The fourth-order valence-corrected chi connectivity index (χ4v) is 2.84. The third-order valence-electron chi connectivity index (χ3n) is 4.39. The van der Waals surface area contributed by atoms with E-state index in [1.165, 1.54) is 0 Å². The van der Waals surface area contributed by atoms with Gasteiger partial charge in [-0.25, -0.2) is 0 Å². The van der Waals surface area contributed by atoms with Gasteiger partial charge in [0.05, 0.1) is 0 Å². The van der Waals surface area contributed by atoms with Crippen molar-refractivity contribution in [3.05, 3.63) is 71.3 Å². The van der Waals surface area contributed by atoms with E-state index in [4.69, 9.17) is 0 Å². The van der Waals surface area contributed by atoms with E-state index in [0.717, 1.165) is 30.9 Å². The molecule has 0 saturated carbocycles. The van der Waals surface area contributed by atoms with Gasteiger partial charge in [0.15, 0.2) is 5.96 Å². The number of hydrogen-bond acceptors (Lipinski definition) is 3. The second-order valence-corrected chi connectivity index (χ2v) is 6.69. The largest absolute Gasteiger partial charge is 0.357 e. The quantitative estimate of drug-likeness (QED) is 0.162. The summed E-state index contributed by atoms with van der Waals surface area (Å²) in [7, 11) is 1.63. The van der Waals surface area contributed by atoms with Crippen LogP contribution in [0.5, 0.6) is 0 Å². The molecule has 0 bridgehead atoms. The lowest BCUT2D eigenvalue weighted by Crippen LogP contribution is -2.38. The molecule has 0 saturated heterocycles. The van der Waals surface area contributed by atoms with Crippen LogP contribution < -0.4 is 21.3 Å². The maximum Gasteiger partial charge on any atom is 0.251 e. The van der Waals surface area contributed by atoms with Crippen LogP contribution in [0.15, 0.2) is 59.6 Å². The normalized spacial score (nSPS) is 10.6. The molecule has 31 heavy (non-hydrogen) atoms. The fraction of sp³-hybridized carbons (Fsp3) is 0.348. The van der Waals surface area contributed by atoms with E-state index in [1.807, 2.05) is 43.3 Å². The number of guanidine groups is 1. The Morgan fingerprint density at radius 2 is 1.61 bits per heavy atom. The molecule has 8 heteroatoms. The van der Waals surface area contributed by atoms with E-state index in [1.54, 1.807) is 25.2 Å². The summed E-state index contributed by atoms with van der Waals surface area (Å²) in [6.07, 6.45) is 1.53. The first-order valence-corrected chi connectivity index (χ1v) is 10.3. The SMILES string of the molecule is CCNC(=NCCCNC(=O)c1ccccc1)NCCc1cccc(C(=O)NC)c1.I. The number of benzene rings is 2. The summed E-state index contributed by atoms with van der Waals surface area (Å²) in [5, 5.41) is 12.1. The Kier molecular flexibility index (Phi) is 13.0. The summed E-state index contributed by atoms with van der Waals surface area (Å²) in [4.78, 5) is 28.3. The third-order valence-corrected chi connectivity index (χ3v) is 4.39. The predicted molar refractivity (Wildman–Crippen MR) is 136 cm³/mol. The van der Waals surface area contributed by atoms with Crippen molar-refractivity contribution in [1.29, 1.82) is 0 Å². The second kappa shape index (κ2) is 15.2. The van der Waals surface area contributed by atoms with E-state index in [9.17, 15) is 9.59 Å². The zero-order valence-corrected chi connectivity index (χ0v) is 20.4. The number of carbonyl (C=O) groups excluding carboxylic acids is 2. The van der Waals surface area contributed by atoms with Gasteiger partial charge < -0.3 is 21.3 Å². The van der Waals surface area contributed by atoms with E-state index >= 15 is 0 Å². The number of carbonyl (C=O) groups is 2. The van der Waals surface area contributed by atoms with Gasteiger partial charge in [0, 0.05) is 44.4 Å². The minimum atomic E-state index is -0.0842. The zero-order chi connectivity index (χ0) is 21.6. The standard InChI is InChI=1S/C23H31N5O2.HI/c1-3-25-23(27-15-8-14-26-22(30)19-10-5-4-6-11-19)28-16-13-18-9-7-12-20(17-18)21(29)24-2;/h4-7,9-12,17H,3,8,13-16H2,1-2H3,(H,24,29)(H,26,30)(H2,25,27,28);1H. The Balaban J connectivity index is 0.00000480. The van der Waals surface area contributed by atoms with Gasteiger partial charge in [0.2, 0.25) is 0 Å². The van der Waals surface area contributed by atoms with Gasteiger partial charge in [-0.3, -0.25) is 14.6 Å². The Morgan fingerprint density at radius 3 is 2.32 bits per heavy atom. The van der Waals surface area contributed by atoms with E-state index in [-0.39, 0.29) is 35.8 Å². The first-order valence-electron chi connectivity index (χ1n) is 10.3. The zero-order valence-electron chi connectivity index (χ0n) is 18.1. The molecule has 0 radical (unpaired) electrons. The topological polar surface area (TPSA) is 94.6 Å². The maximum atomic E-state index is 12.0. The van der Waals surface area contributed by atoms with E-state index in [0.29, 0.717) is 30.8 Å². The molecular formula is C23H32IN5O2. The van der Waals surface area contributed by atoms with Crippen molar-refractivity contribution in [2.24, 2.45) is 4.99 Å². The lowest BCUT2D eigenvalue weighted by atomic mass is 10.1. The van der Waals surface area contributed by atoms with E-state index in [2.05, 4.69) is 26.3 Å². The number of nitrogens with zero attached hydrogens (tertiary/aromatic N) is 1. The van der Waals surface area contributed by atoms with Crippen molar-refractivity contribution in [1.82, 2.24) is 21.3 Å². The summed E-state index contributed by atoms with van der Waals surface area (Å²) in [5.74, 6) is 0.594. The highest BCUT2D eigenvalue weighted by atomic mass is 127. The number of amides is 2. The molecule has 0 aromatic heterocycles. The number of aliphatic imine (C=N–C) groups is 1. The van der Waals surface area contributed by atoms with Crippen LogP contribution in [0, 0.1) is 0 Å². The molecule has 168 valence electrons. The number of rotatable bonds is 10. The highest BCUT2D eigenvalue weighted by molar-refractivity contribution is 14.0. The fourth-order valence-electron chi connectivity index (χ4n) is 2.84. The first-order chi connectivity index (χ1) is 14.6. The molecule has 0 unspecified atom stereocenters. The van der Waals surface area contributed by atoms with Gasteiger partial charge in [0.1, 0.15) is 0 Å². The second-order valence-electron chi connectivity index (χ2n) is 6.69. The van der Waals surface area contributed by atoms with Crippen molar-refractivity contribution in [2.75, 3.05) is 33.2 Å². The van der Waals surface area contributed by atoms with E-state index < -0.39 is 0 Å². The van der Waals surface area contributed by atoms with Crippen molar-refractivity contribution in [3.8, 4) is 0 Å². The highest BCUT2D eigenvalue weighted by Gasteiger charge is 2.05. The Hall–Kier alpha value is -2.62. The molecule has 2 aromatic rings. The molecule has 0 heterocycles. The molecule has 0 aliphatic heterocycles. The van der Waals surface area contributed by atoms with Gasteiger partial charge in [-0.2, -0.15) is 0 Å². The highest BCUT2D eigenvalue weighted by Crippen LogP contribution is 2.05. The van der Waals surface area contributed by atoms with Crippen LogP contribution in [-0.4, -0.2) is 51.0 Å². The average Bonchev–Trinajstić information content (AvgIpc) is 2.79. The summed E-state index contributed by atoms with van der Waals surface area (Å²) < 4.78 is 0. The van der Waals surface area contributed by atoms with Crippen LogP contribution in [-0.2, 0) is 6.42 Å². The van der Waals surface area contributed by atoms with Crippen molar-refractivity contribution in [2.45, 2.75) is 19.8 Å². The van der Waals surface area contributed by atoms with Crippen LogP contribution >= 0.6 is 24.0 Å². The Bertz CT molecular complexity index is 843. The molecule has 2 aromatic carbocycles. The third kappa shape index (κ3) is 9.82. The average molecular weight is 537 g/mol. The van der Waals surface area contributed by atoms with Gasteiger partial charge in [0.25, 0.3) is 11.8 Å². The van der Waals surface area contributed by atoms with Gasteiger partial charge in [-0.15, -0.1) is 24.0 Å². The van der Waals surface area contributed by atoms with Crippen molar-refractivity contribution < 1.29 is 9.59 Å². The molecule has 7 nitrogen and oxygen atoms in total. The lowest BCUT2D eigenvalue weighted by molar-refractivity contribution is 0.0949. The molecule has 0 spiro atoms. The minimum Gasteiger partial charge on any atom is -0.357 e. The van der Waals surface area contributed by atoms with Gasteiger partial charge in [-0.05, 0) is 49.6 Å². The van der Waals surface area contributed by atoms with Crippen LogP contribution in [0.1, 0.15) is 39.6 Å². The Morgan fingerprint density at radius 1 is 0.871 bits per heavy atom. The molecule has 0 atom stereocenters. The number of nitrogens with one attached hydrogen (secondary N) is 4. The maximum absolute atomic E-state index is 12.0. The van der Waals surface area contributed by atoms with Crippen molar-refractivity contribution in [3.63, 3.8) is 0 Å². The lowest BCUT2D eigenvalue weighted by Gasteiger charge is -2.12. The van der Waals surface area contributed by atoms with Crippen LogP contribution in [0.3, 0.4) is 0 Å². The smallest absolute Gasteiger partial charge is 0.251 e. The summed E-state index contributed by atoms with van der Waals surface area (Å²) in [6, 6.07) is 16.8. The van der Waals surface area contributed by atoms with Gasteiger partial charge in [-0.1, -0.05) is 30.3 Å². The molecule has 0 fully saturated rings. The summed E-state index contributed by atoms with van der Waals surface area (Å²) >= 11 is 0. The monoisotopic (exact) mass is 537 g/mol. The van der Waals surface area contributed by atoms with Crippen LogP contribution in [0.4, 0.5) is 0 Å². The first kappa shape index (κ1) is 26.4.